The van der Waals surface area contributed by atoms with Gasteiger partial charge in [0.15, 0.2) is 0 Å². The molecule has 24 heavy (non-hydrogen) atoms. The molecule has 1 saturated heterocycles. The molecule has 0 radical (unpaired) electrons. The van der Waals surface area contributed by atoms with Crippen molar-refractivity contribution in [2.75, 3.05) is 26.2 Å². The molecule has 0 saturated carbocycles. The highest BCUT2D eigenvalue weighted by Gasteiger charge is 2.37. The van der Waals surface area contributed by atoms with Gasteiger partial charge in [0, 0.05) is 6.54 Å². The molecule has 5 heteroatoms. The Balaban J connectivity index is 0.00000139. The number of carbonyl (C=O) groups excluding carboxylic acids is 2. The molecule has 0 aromatic rings. The summed E-state index contributed by atoms with van der Waals surface area (Å²) < 4.78 is 0. The van der Waals surface area contributed by atoms with E-state index < -0.39 is 0 Å². The maximum atomic E-state index is 12.4. The molecule has 0 aromatic carbocycles. The zero-order valence-electron chi connectivity index (χ0n) is 15.7. The average Bonchev–Trinajstić information content (AvgIpc) is 2.89. The van der Waals surface area contributed by atoms with E-state index in [1.807, 2.05) is 19.9 Å². The van der Waals surface area contributed by atoms with Crippen LogP contribution < -0.4 is 5.32 Å². The number of rotatable bonds is 8. The van der Waals surface area contributed by atoms with E-state index in [0.29, 0.717) is 13.0 Å². The molecule has 5 nitrogen and oxygen atoms in total. The van der Waals surface area contributed by atoms with E-state index in [0.717, 1.165) is 44.5 Å². The molecule has 1 aliphatic heterocycles. The van der Waals surface area contributed by atoms with Gasteiger partial charge in [-0.15, -0.1) is 0 Å². The number of hydrogen-bond donors (Lipinski definition) is 1. The topological polar surface area (TPSA) is 52.7 Å². The van der Waals surface area contributed by atoms with Crippen molar-refractivity contribution in [1.29, 1.82) is 0 Å². The highest BCUT2D eigenvalue weighted by atomic mass is 16.2. The summed E-state index contributed by atoms with van der Waals surface area (Å²) in [7, 11) is 0. The van der Waals surface area contributed by atoms with Crippen LogP contribution >= 0.6 is 0 Å². The van der Waals surface area contributed by atoms with Crippen LogP contribution in [0.1, 0.15) is 53.4 Å². The normalized spacial score (nSPS) is 20.0. The van der Waals surface area contributed by atoms with Crippen molar-refractivity contribution >= 4 is 11.9 Å². The molecule has 1 atom stereocenters. The molecular formula is C19H33N3O2. The number of carbonyl (C=O) groups is 2. The molecule has 2 aliphatic rings. The quantitative estimate of drug-likeness (QED) is 0.692. The predicted molar refractivity (Wildman–Crippen MR) is 98.9 cm³/mol. The fraction of sp³-hybridized carbons (Fsp3) is 0.684. The first-order valence-corrected chi connectivity index (χ1v) is 9.35. The predicted octanol–water partition coefficient (Wildman–Crippen LogP) is 3.33. The van der Waals surface area contributed by atoms with Crippen molar-refractivity contribution in [2.45, 2.75) is 59.4 Å². The zero-order valence-corrected chi connectivity index (χ0v) is 15.7. The third kappa shape index (κ3) is 5.78. The lowest BCUT2D eigenvalue weighted by molar-refractivity contribution is -0.127. The summed E-state index contributed by atoms with van der Waals surface area (Å²) in [5.41, 5.74) is 1.05. The second-order valence-corrected chi connectivity index (χ2v) is 5.91. The van der Waals surface area contributed by atoms with Crippen LogP contribution in [0.4, 0.5) is 4.79 Å². The zero-order chi connectivity index (χ0) is 17.9. The van der Waals surface area contributed by atoms with Gasteiger partial charge in [0.2, 0.25) is 0 Å². The lowest BCUT2D eigenvalue weighted by Crippen LogP contribution is -2.35. The first-order chi connectivity index (χ1) is 11.7. The first kappa shape index (κ1) is 20.4. The van der Waals surface area contributed by atoms with Crippen LogP contribution in [-0.4, -0.2) is 54.0 Å². The van der Waals surface area contributed by atoms with E-state index in [2.05, 4.69) is 36.2 Å². The summed E-state index contributed by atoms with van der Waals surface area (Å²) in [4.78, 5) is 28.1. The third-order valence-corrected chi connectivity index (χ3v) is 4.24. The Labute approximate surface area is 146 Å². The highest BCUT2D eigenvalue weighted by molar-refractivity contribution is 6.04. The van der Waals surface area contributed by atoms with Gasteiger partial charge >= 0.3 is 6.03 Å². The van der Waals surface area contributed by atoms with Crippen molar-refractivity contribution in [3.05, 3.63) is 23.8 Å². The number of allylic oxidation sites excluding steroid dienone is 2. The van der Waals surface area contributed by atoms with Gasteiger partial charge in [0.1, 0.15) is 6.04 Å². The van der Waals surface area contributed by atoms with Crippen molar-refractivity contribution in [1.82, 2.24) is 15.1 Å². The molecule has 1 heterocycles. The molecule has 0 bridgehead atoms. The SMILES string of the molecule is CC.CCCN(CC)CCC1NC(=O)N(CC2=CCCC=C2)C1=O. The Morgan fingerprint density at radius 1 is 1.21 bits per heavy atom. The molecule has 2 rings (SSSR count). The van der Waals surface area contributed by atoms with Crippen LogP contribution in [0.5, 0.6) is 0 Å². The number of nitrogens with one attached hydrogen (secondary N) is 1. The number of nitrogens with zero attached hydrogens (tertiary/aromatic N) is 2. The molecule has 1 N–H and O–H groups in total. The minimum atomic E-state index is -0.369. The summed E-state index contributed by atoms with van der Waals surface area (Å²) >= 11 is 0. The first-order valence-electron chi connectivity index (χ1n) is 9.35. The highest BCUT2D eigenvalue weighted by Crippen LogP contribution is 2.16. The third-order valence-electron chi connectivity index (χ3n) is 4.24. The van der Waals surface area contributed by atoms with Crippen LogP contribution in [0.25, 0.3) is 0 Å². The van der Waals surface area contributed by atoms with Crippen LogP contribution in [0.3, 0.4) is 0 Å². The van der Waals surface area contributed by atoms with Gasteiger partial charge in [0.25, 0.3) is 5.91 Å². The molecule has 1 unspecified atom stereocenters. The van der Waals surface area contributed by atoms with Crippen LogP contribution in [-0.2, 0) is 4.79 Å². The Morgan fingerprint density at radius 2 is 1.96 bits per heavy atom. The van der Waals surface area contributed by atoms with E-state index in [1.54, 1.807) is 0 Å². The van der Waals surface area contributed by atoms with Gasteiger partial charge in [-0.1, -0.05) is 45.9 Å². The summed E-state index contributed by atoms with van der Waals surface area (Å²) in [5, 5.41) is 2.82. The summed E-state index contributed by atoms with van der Waals surface area (Å²) in [6.07, 6.45) is 10.0. The fourth-order valence-corrected chi connectivity index (χ4v) is 2.95. The van der Waals surface area contributed by atoms with Gasteiger partial charge in [-0.25, -0.2) is 4.79 Å². The summed E-state index contributed by atoms with van der Waals surface area (Å²) in [6.45, 7) is 11.5. The van der Waals surface area contributed by atoms with Crippen LogP contribution in [0, 0.1) is 0 Å². The van der Waals surface area contributed by atoms with E-state index >= 15 is 0 Å². The van der Waals surface area contributed by atoms with Gasteiger partial charge in [-0.05, 0) is 44.3 Å². The van der Waals surface area contributed by atoms with E-state index in [9.17, 15) is 9.59 Å². The largest absolute Gasteiger partial charge is 0.326 e. The number of imide groups is 1. The number of amides is 3. The number of urea groups is 1. The molecule has 0 spiro atoms. The van der Waals surface area contributed by atoms with Crippen molar-refractivity contribution < 1.29 is 9.59 Å². The maximum Gasteiger partial charge on any atom is 0.325 e. The summed E-state index contributed by atoms with van der Waals surface area (Å²) in [6, 6.07) is -0.625. The van der Waals surface area contributed by atoms with Crippen LogP contribution in [0.15, 0.2) is 23.8 Å². The second kappa shape index (κ2) is 11.0. The van der Waals surface area contributed by atoms with Gasteiger partial charge in [-0.2, -0.15) is 0 Å². The van der Waals surface area contributed by atoms with E-state index in [-0.39, 0.29) is 18.0 Å². The molecule has 0 aromatic heterocycles. The summed E-state index contributed by atoms with van der Waals surface area (Å²) in [5.74, 6) is -0.0857. The fourth-order valence-electron chi connectivity index (χ4n) is 2.95. The van der Waals surface area contributed by atoms with Gasteiger partial charge < -0.3 is 10.2 Å². The minimum Gasteiger partial charge on any atom is -0.326 e. The van der Waals surface area contributed by atoms with E-state index in [4.69, 9.17) is 0 Å². The standard InChI is InChI=1S/C17H27N3O2.C2H6/c1-3-11-19(4-2)12-10-15-16(21)20(17(22)18-15)13-14-8-6-5-7-9-14;1-2/h6,8-9,15H,3-5,7,10-13H2,1-2H3,(H,18,22);1-2H3. The minimum absolute atomic E-state index is 0.0857. The Bertz CT molecular complexity index is 471. The van der Waals surface area contributed by atoms with Crippen molar-refractivity contribution in [3.63, 3.8) is 0 Å². The number of hydrogen-bond acceptors (Lipinski definition) is 3. The monoisotopic (exact) mass is 335 g/mol. The molecule has 1 aliphatic carbocycles. The Hall–Kier alpha value is -1.62. The molecule has 136 valence electrons. The van der Waals surface area contributed by atoms with Crippen molar-refractivity contribution in [3.8, 4) is 0 Å². The molecular weight excluding hydrogens is 302 g/mol. The maximum absolute atomic E-state index is 12.4. The Morgan fingerprint density at radius 3 is 2.54 bits per heavy atom. The van der Waals surface area contributed by atoms with Gasteiger partial charge in [0.05, 0.1) is 6.54 Å². The van der Waals surface area contributed by atoms with Crippen LogP contribution in [0.2, 0.25) is 0 Å². The lowest BCUT2D eigenvalue weighted by atomic mass is 10.1. The van der Waals surface area contributed by atoms with Crippen molar-refractivity contribution in [2.24, 2.45) is 0 Å². The smallest absolute Gasteiger partial charge is 0.325 e. The average molecular weight is 335 g/mol. The van der Waals surface area contributed by atoms with E-state index in [1.165, 1.54) is 4.90 Å². The Kier molecular flexibility index (Phi) is 9.38. The molecule has 3 amide bonds. The van der Waals surface area contributed by atoms with Gasteiger partial charge in [-0.3, -0.25) is 9.69 Å². The molecule has 1 fully saturated rings. The lowest BCUT2D eigenvalue weighted by Gasteiger charge is -2.20. The second-order valence-electron chi connectivity index (χ2n) is 5.91.